The molecule has 0 spiro atoms. The van der Waals surface area contributed by atoms with Gasteiger partial charge in [-0.25, -0.2) is 0 Å². The minimum atomic E-state index is -3.78. The number of hydrogen-bond donors (Lipinski definition) is 0. The van der Waals surface area contributed by atoms with E-state index in [1.165, 1.54) is 24.3 Å². The van der Waals surface area contributed by atoms with Gasteiger partial charge in [0.05, 0.1) is 102 Å². The van der Waals surface area contributed by atoms with Crippen molar-refractivity contribution in [2.75, 3.05) is 92.5 Å². The van der Waals surface area contributed by atoms with Crippen LogP contribution in [0, 0.1) is 13.8 Å². The Morgan fingerprint density at radius 1 is 0.381 bits per heavy atom. The van der Waals surface area contributed by atoms with Gasteiger partial charge in [0.2, 0.25) is 0 Å². The highest BCUT2D eigenvalue weighted by molar-refractivity contribution is 7.87. The number of ether oxygens (including phenoxy) is 6. The van der Waals surface area contributed by atoms with Gasteiger partial charge in [-0.2, -0.15) is 16.8 Å². The van der Waals surface area contributed by atoms with Crippen LogP contribution in [0.15, 0.2) is 58.3 Å². The summed E-state index contributed by atoms with van der Waals surface area (Å²) in [6.45, 7) is 7.65. The molecule has 0 fully saturated rings. The first-order valence-electron chi connectivity index (χ1n) is 13.6. The van der Waals surface area contributed by atoms with Crippen LogP contribution in [-0.2, 0) is 57.0 Å². The summed E-state index contributed by atoms with van der Waals surface area (Å²) in [5.74, 6) is 0. The molecule has 0 bridgehead atoms. The fraction of sp³-hybridized carbons (Fsp3) is 0.571. The van der Waals surface area contributed by atoms with Crippen molar-refractivity contribution in [2.24, 2.45) is 0 Å². The Morgan fingerprint density at radius 3 is 0.833 bits per heavy atom. The fourth-order valence-electron chi connectivity index (χ4n) is 3.15. The molecule has 0 unspecified atom stereocenters. The van der Waals surface area contributed by atoms with Gasteiger partial charge in [-0.1, -0.05) is 35.4 Å². The van der Waals surface area contributed by atoms with Gasteiger partial charge in [-0.05, 0) is 38.1 Å². The quantitative estimate of drug-likeness (QED) is 0.117. The Bertz CT molecular complexity index is 1090. The number of rotatable bonds is 25. The van der Waals surface area contributed by atoms with Crippen molar-refractivity contribution in [3.8, 4) is 0 Å². The van der Waals surface area contributed by atoms with Crippen LogP contribution in [0.2, 0.25) is 0 Å². The molecule has 0 saturated carbocycles. The van der Waals surface area contributed by atoms with Gasteiger partial charge in [0, 0.05) is 0 Å². The van der Waals surface area contributed by atoms with E-state index >= 15 is 0 Å². The first kappa shape index (κ1) is 36.2. The van der Waals surface area contributed by atoms with Crippen molar-refractivity contribution in [1.82, 2.24) is 0 Å². The van der Waals surface area contributed by atoms with Crippen molar-refractivity contribution >= 4 is 20.2 Å². The second kappa shape index (κ2) is 20.8. The molecule has 0 heterocycles. The normalized spacial score (nSPS) is 12.1. The molecule has 42 heavy (non-hydrogen) atoms. The van der Waals surface area contributed by atoms with Gasteiger partial charge in [-0.15, -0.1) is 0 Å². The molecule has 12 nitrogen and oxygen atoms in total. The lowest BCUT2D eigenvalue weighted by Crippen LogP contribution is -2.16. The van der Waals surface area contributed by atoms with E-state index in [1.807, 2.05) is 13.8 Å². The Kier molecular flexibility index (Phi) is 18.0. The molecule has 0 amide bonds. The largest absolute Gasteiger partial charge is 0.377 e. The summed E-state index contributed by atoms with van der Waals surface area (Å²) < 4.78 is 90.4. The van der Waals surface area contributed by atoms with Crippen molar-refractivity contribution < 1.29 is 53.6 Å². The molecule has 0 aliphatic rings. The van der Waals surface area contributed by atoms with Gasteiger partial charge in [0.1, 0.15) is 0 Å². The number of hydrogen-bond acceptors (Lipinski definition) is 12. The highest BCUT2D eigenvalue weighted by atomic mass is 32.2. The van der Waals surface area contributed by atoms with Crippen LogP contribution in [0.4, 0.5) is 0 Å². The highest BCUT2D eigenvalue weighted by Gasteiger charge is 2.15. The van der Waals surface area contributed by atoms with Gasteiger partial charge in [0.25, 0.3) is 20.2 Å². The van der Waals surface area contributed by atoms with Crippen LogP contribution >= 0.6 is 0 Å². The molecule has 0 atom stereocenters. The van der Waals surface area contributed by atoms with Crippen LogP contribution < -0.4 is 0 Å². The molecule has 0 aliphatic heterocycles. The number of benzene rings is 2. The molecule has 0 aromatic heterocycles. The Hall–Kier alpha value is -1.98. The van der Waals surface area contributed by atoms with E-state index in [2.05, 4.69) is 0 Å². The van der Waals surface area contributed by atoms with Crippen molar-refractivity contribution in [3.05, 3.63) is 59.7 Å². The Balaban J connectivity index is 1.28. The predicted octanol–water partition coefficient (Wildman–Crippen LogP) is 2.51. The van der Waals surface area contributed by atoms with Crippen molar-refractivity contribution in [3.63, 3.8) is 0 Å². The van der Waals surface area contributed by atoms with Gasteiger partial charge in [-0.3, -0.25) is 8.37 Å². The Morgan fingerprint density at radius 2 is 0.595 bits per heavy atom. The summed E-state index contributed by atoms with van der Waals surface area (Å²) in [5.41, 5.74) is 1.93. The Labute approximate surface area is 249 Å². The van der Waals surface area contributed by atoms with Crippen LogP contribution in [0.25, 0.3) is 0 Å². The topological polar surface area (TPSA) is 142 Å². The zero-order chi connectivity index (χ0) is 30.5. The minimum absolute atomic E-state index is 0.0722. The molecule has 238 valence electrons. The zero-order valence-electron chi connectivity index (χ0n) is 24.2. The summed E-state index contributed by atoms with van der Waals surface area (Å²) >= 11 is 0. The summed E-state index contributed by atoms with van der Waals surface area (Å²) in [6.07, 6.45) is 0. The average molecular weight is 635 g/mol. The van der Waals surface area contributed by atoms with E-state index in [1.54, 1.807) is 24.3 Å². The van der Waals surface area contributed by atoms with E-state index in [0.29, 0.717) is 66.1 Å². The highest BCUT2D eigenvalue weighted by Crippen LogP contribution is 2.14. The molecular formula is C28H42O12S2. The van der Waals surface area contributed by atoms with Crippen LogP contribution in [0.5, 0.6) is 0 Å². The lowest BCUT2D eigenvalue weighted by molar-refractivity contribution is -0.0186. The lowest BCUT2D eigenvalue weighted by Gasteiger charge is -2.09. The van der Waals surface area contributed by atoms with E-state index < -0.39 is 20.2 Å². The second-order valence-electron chi connectivity index (χ2n) is 8.85. The fourth-order valence-corrected chi connectivity index (χ4v) is 4.94. The first-order valence-corrected chi connectivity index (χ1v) is 16.4. The van der Waals surface area contributed by atoms with E-state index in [-0.39, 0.29) is 36.2 Å². The molecule has 0 N–H and O–H groups in total. The maximum atomic E-state index is 12.1. The summed E-state index contributed by atoms with van der Waals surface area (Å²) in [4.78, 5) is 0.236. The molecule has 0 saturated heterocycles. The van der Waals surface area contributed by atoms with Crippen molar-refractivity contribution in [1.29, 1.82) is 0 Å². The van der Waals surface area contributed by atoms with E-state index in [4.69, 9.17) is 36.8 Å². The van der Waals surface area contributed by atoms with E-state index in [9.17, 15) is 16.8 Å². The van der Waals surface area contributed by atoms with Crippen LogP contribution in [0.1, 0.15) is 11.1 Å². The number of aryl methyl sites for hydroxylation is 2. The average Bonchev–Trinajstić information content (AvgIpc) is 2.96. The van der Waals surface area contributed by atoms with Crippen LogP contribution in [-0.4, -0.2) is 109 Å². The molecule has 2 rings (SSSR count). The predicted molar refractivity (Wildman–Crippen MR) is 154 cm³/mol. The minimum Gasteiger partial charge on any atom is -0.377 e. The monoisotopic (exact) mass is 634 g/mol. The first-order chi connectivity index (χ1) is 20.2. The molecular weight excluding hydrogens is 592 g/mol. The third-order valence-electron chi connectivity index (χ3n) is 5.41. The SMILES string of the molecule is Cc1ccc(S(=O)(=O)OCCOCCOCCOCCOCCOCCOCCOS(=O)(=O)c2ccc(C)cc2)cc1. The maximum absolute atomic E-state index is 12.1. The van der Waals surface area contributed by atoms with Gasteiger partial charge < -0.3 is 28.4 Å². The third kappa shape index (κ3) is 16.0. The van der Waals surface area contributed by atoms with Crippen LogP contribution in [0.3, 0.4) is 0 Å². The lowest BCUT2D eigenvalue weighted by atomic mass is 10.2. The molecule has 2 aromatic carbocycles. The zero-order valence-corrected chi connectivity index (χ0v) is 25.9. The molecule has 14 heteroatoms. The van der Waals surface area contributed by atoms with Gasteiger partial charge >= 0.3 is 0 Å². The smallest absolute Gasteiger partial charge is 0.297 e. The summed E-state index contributed by atoms with van der Waals surface area (Å²) in [5, 5.41) is 0. The molecule has 0 radical (unpaired) electrons. The maximum Gasteiger partial charge on any atom is 0.297 e. The molecule has 0 aliphatic carbocycles. The van der Waals surface area contributed by atoms with Gasteiger partial charge in [0.15, 0.2) is 0 Å². The third-order valence-corrected chi connectivity index (χ3v) is 8.06. The van der Waals surface area contributed by atoms with E-state index in [0.717, 1.165) is 11.1 Å². The standard InChI is InChI=1S/C28H42O12S2/c1-25-3-7-27(8-4-25)41(29,30)39-23-21-37-19-17-35-15-13-33-11-12-34-14-16-36-18-20-38-22-24-40-42(31,32)28-9-5-26(2)6-10-28/h3-10H,11-24H2,1-2H3. The second-order valence-corrected chi connectivity index (χ2v) is 12.1. The summed E-state index contributed by atoms with van der Waals surface area (Å²) in [6, 6.07) is 12.9. The molecule has 2 aromatic rings. The summed E-state index contributed by atoms with van der Waals surface area (Å²) in [7, 11) is -7.57. The van der Waals surface area contributed by atoms with Crippen molar-refractivity contribution in [2.45, 2.75) is 23.6 Å².